The summed E-state index contributed by atoms with van der Waals surface area (Å²) in [5, 5.41) is 15.8. The highest BCUT2D eigenvalue weighted by Crippen LogP contribution is 2.24. The lowest BCUT2D eigenvalue weighted by molar-refractivity contribution is 0.215. The number of aliphatic imine (C=N–C) groups is 1. The first-order chi connectivity index (χ1) is 12.7. The first kappa shape index (κ1) is 18.3. The molecule has 2 heterocycles. The van der Waals surface area contributed by atoms with E-state index in [4.69, 9.17) is 4.42 Å². The fraction of sp³-hybridized carbons (Fsp3) is 0.421. The molecule has 6 nitrogen and oxygen atoms in total. The summed E-state index contributed by atoms with van der Waals surface area (Å²) in [6.07, 6.45) is 4.11. The van der Waals surface area contributed by atoms with Gasteiger partial charge >= 0.3 is 0 Å². The van der Waals surface area contributed by atoms with Crippen LogP contribution in [0.4, 0.5) is 4.39 Å². The zero-order chi connectivity index (χ0) is 18.4. The molecule has 1 aromatic carbocycles. The van der Waals surface area contributed by atoms with Crippen LogP contribution in [-0.4, -0.2) is 42.6 Å². The maximum Gasteiger partial charge on any atom is 0.191 e. The van der Waals surface area contributed by atoms with Crippen LogP contribution in [0.1, 0.15) is 30.2 Å². The maximum atomic E-state index is 13.4. The molecule has 1 aliphatic heterocycles. The van der Waals surface area contributed by atoms with Gasteiger partial charge in [0.2, 0.25) is 0 Å². The lowest BCUT2D eigenvalue weighted by atomic mass is 10.2. The van der Waals surface area contributed by atoms with Crippen molar-refractivity contribution in [3.63, 3.8) is 0 Å². The fourth-order valence-electron chi connectivity index (χ4n) is 3.20. The average Bonchev–Trinajstić information content (AvgIpc) is 3.35. The van der Waals surface area contributed by atoms with Crippen LogP contribution in [0.3, 0.4) is 0 Å². The topological polar surface area (TPSA) is 73.0 Å². The van der Waals surface area contributed by atoms with Gasteiger partial charge in [-0.25, -0.2) is 4.39 Å². The van der Waals surface area contributed by atoms with E-state index in [1.54, 1.807) is 19.4 Å². The summed E-state index contributed by atoms with van der Waals surface area (Å²) in [7, 11) is 1.70. The summed E-state index contributed by atoms with van der Waals surface area (Å²) in [6, 6.07) is 8.39. The van der Waals surface area contributed by atoms with Gasteiger partial charge in [0.25, 0.3) is 0 Å². The van der Waals surface area contributed by atoms with E-state index in [2.05, 4.69) is 20.5 Å². The number of likely N-dealkylation sites (tertiary alicyclic amines) is 1. The number of rotatable bonds is 6. The molecule has 0 spiro atoms. The quantitative estimate of drug-likeness (QED) is 0.546. The fourth-order valence-corrected chi connectivity index (χ4v) is 3.20. The number of hydrogen-bond acceptors (Lipinski definition) is 4. The number of phenols is 1. The second-order valence-electron chi connectivity index (χ2n) is 6.37. The zero-order valence-corrected chi connectivity index (χ0v) is 14.9. The first-order valence-electron chi connectivity index (χ1n) is 8.86. The number of furan rings is 1. The van der Waals surface area contributed by atoms with Crippen LogP contribution in [-0.2, 0) is 6.54 Å². The van der Waals surface area contributed by atoms with Crippen molar-refractivity contribution >= 4 is 5.96 Å². The van der Waals surface area contributed by atoms with Crippen molar-refractivity contribution in [2.75, 3.05) is 26.7 Å². The summed E-state index contributed by atoms with van der Waals surface area (Å²) >= 11 is 0. The minimum Gasteiger partial charge on any atom is -0.505 e. The molecule has 1 fully saturated rings. The van der Waals surface area contributed by atoms with E-state index in [0.29, 0.717) is 19.0 Å². The molecule has 1 aliphatic rings. The molecule has 0 bridgehead atoms. The van der Waals surface area contributed by atoms with Crippen molar-refractivity contribution in [2.24, 2.45) is 4.99 Å². The minimum absolute atomic E-state index is 0.150. The second-order valence-corrected chi connectivity index (χ2v) is 6.37. The number of benzene rings is 1. The summed E-state index contributed by atoms with van der Waals surface area (Å²) in [6.45, 7) is 3.20. The van der Waals surface area contributed by atoms with E-state index in [-0.39, 0.29) is 11.8 Å². The normalized spacial score (nSPS) is 16.6. The van der Waals surface area contributed by atoms with Crippen molar-refractivity contribution in [1.29, 1.82) is 0 Å². The Morgan fingerprint density at radius 1 is 1.31 bits per heavy atom. The molecule has 1 saturated heterocycles. The van der Waals surface area contributed by atoms with Crippen molar-refractivity contribution in [3.8, 4) is 5.75 Å². The Morgan fingerprint density at radius 2 is 2.12 bits per heavy atom. The molecule has 3 rings (SSSR count). The second kappa shape index (κ2) is 8.71. The molecule has 7 heteroatoms. The van der Waals surface area contributed by atoms with E-state index in [1.165, 1.54) is 25.0 Å². The minimum atomic E-state index is -0.626. The van der Waals surface area contributed by atoms with Crippen LogP contribution in [0, 0.1) is 5.82 Å². The van der Waals surface area contributed by atoms with Gasteiger partial charge in [-0.05, 0) is 55.8 Å². The highest BCUT2D eigenvalue weighted by Gasteiger charge is 2.25. The molecular weight excluding hydrogens is 335 g/mol. The van der Waals surface area contributed by atoms with Gasteiger partial charge in [-0.1, -0.05) is 6.07 Å². The predicted octanol–water partition coefficient (Wildman–Crippen LogP) is 2.63. The maximum absolute atomic E-state index is 13.4. The molecule has 1 unspecified atom stereocenters. The predicted molar refractivity (Wildman–Crippen MR) is 98.5 cm³/mol. The number of guanidine groups is 1. The van der Waals surface area contributed by atoms with Gasteiger partial charge in [-0.2, -0.15) is 0 Å². The summed E-state index contributed by atoms with van der Waals surface area (Å²) in [4.78, 5) is 6.64. The number of nitrogens with one attached hydrogen (secondary N) is 2. The highest BCUT2D eigenvalue weighted by molar-refractivity contribution is 5.79. The van der Waals surface area contributed by atoms with E-state index >= 15 is 0 Å². The third-order valence-corrected chi connectivity index (χ3v) is 4.61. The Morgan fingerprint density at radius 3 is 2.77 bits per heavy atom. The van der Waals surface area contributed by atoms with Crippen molar-refractivity contribution in [1.82, 2.24) is 15.5 Å². The molecule has 3 N–H and O–H groups in total. The largest absolute Gasteiger partial charge is 0.505 e. The lowest BCUT2D eigenvalue weighted by Gasteiger charge is -2.26. The number of nitrogens with zero attached hydrogens (tertiary/aromatic N) is 2. The molecular formula is C19H25FN4O2. The smallest absolute Gasteiger partial charge is 0.191 e. The number of phenolic OH excluding ortho intramolecular Hbond substituents is 1. The van der Waals surface area contributed by atoms with Gasteiger partial charge in [0.15, 0.2) is 17.5 Å². The molecule has 0 radical (unpaired) electrons. The van der Waals surface area contributed by atoms with Crippen LogP contribution < -0.4 is 10.6 Å². The van der Waals surface area contributed by atoms with E-state index in [9.17, 15) is 9.50 Å². The Balaban J connectivity index is 1.57. The van der Waals surface area contributed by atoms with Crippen molar-refractivity contribution in [3.05, 3.63) is 53.7 Å². The standard InChI is InChI=1S/C19H25FN4O2/c1-21-19(22-12-14-6-7-17(25)15(20)11-14)23-13-16(18-5-4-10-26-18)24-8-2-3-9-24/h4-7,10-11,16,25H,2-3,8-9,12-13H2,1H3,(H2,21,22,23). The third kappa shape index (κ3) is 4.54. The number of aromatic hydroxyl groups is 1. The Hall–Kier alpha value is -2.54. The van der Waals surface area contributed by atoms with E-state index in [0.717, 1.165) is 24.4 Å². The summed E-state index contributed by atoms with van der Waals surface area (Å²) in [5.41, 5.74) is 0.727. The molecule has 26 heavy (non-hydrogen) atoms. The highest BCUT2D eigenvalue weighted by atomic mass is 19.1. The van der Waals surface area contributed by atoms with E-state index < -0.39 is 5.82 Å². The zero-order valence-electron chi connectivity index (χ0n) is 14.9. The molecule has 2 aromatic rings. The molecule has 0 aliphatic carbocycles. The van der Waals surface area contributed by atoms with E-state index in [1.807, 2.05) is 12.1 Å². The van der Waals surface area contributed by atoms with Crippen LogP contribution in [0.2, 0.25) is 0 Å². The Kier molecular flexibility index (Phi) is 6.12. The molecule has 0 saturated carbocycles. The van der Waals surface area contributed by atoms with Gasteiger partial charge in [0, 0.05) is 20.1 Å². The van der Waals surface area contributed by atoms with Crippen LogP contribution in [0.5, 0.6) is 5.75 Å². The SMILES string of the molecule is CN=C(NCc1ccc(O)c(F)c1)NCC(c1ccco1)N1CCCC1. The van der Waals surface area contributed by atoms with Crippen LogP contribution in [0.15, 0.2) is 46.0 Å². The van der Waals surface area contributed by atoms with Crippen molar-refractivity contribution in [2.45, 2.75) is 25.4 Å². The van der Waals surface area contributed by atoms with Gasteiger partial charge in [0.1, 0.15) is 5.76 Å². The van der Waals surface area contributed by atoms with Gasteiger partial charge in [-0.15, -0.1) is 0 Å². The summed E-state index contributed by atoms with van der Waals surface area (Å²) < 4.78 is 19.1. The van der Waals surface area contributed by atoms with Crippen molar-refractivity contribution < 1.29 is 13.9 Å². The summed E-state index contributed by atoms with van der Waals surface area (Å²) in [5.74, 6) is 0.604. The molecule has 140 valence electrons. The van der Waals surface area contributed by atoms with Crippen LogP contribution >= 0.6 is 0 Å². The Bertz CT molecular complexity index is 727. The van der Waals surface area contributed by atoms with Gasteiger partial charge < -0.3 is 20.2 Å². The van der Waals surface area contributed by atoms with Crippen LogP contribution in [0.25, 0.3) is 0 Å². The monoisotopic (exact) mass is 360 g/mol. The molecule has 1 atom stereocenters. The average molecular weight is 360 g/mol. The molecule has 0 amide bonds. The van der Waals surface area contributed by atoms with Gasteiger partial charge in [-0.3, -0.25) is 9.89 Å². The number of hydrogen-bond donors (Lipinski definition) is 3. The molecule has 1 aromatic heterocycles. The first-order valence-corrected chi connectivity index (χ1v) is 8.86. The lowest BCUT2D eigenvalue weighted by Crippen LogP contribution is -2.42. The third-order valence-electron chi connectivity index (χ3n) is 4.61. The van der Waals surface area contributed by atoms with Gasteiger partial charge in [0.05, 0.1) is 12.3 Å². The number of halogens is 1. The Labute approximate surface area is 152 Å².